The maximum absolute atomic E-state index is 13.0. The summed E-state index contributed by atoms with van der Waals surface area (Å²) in [6.45, 7) is 2.11. The largest absolute Gasteiger partial charge is 0.496 e. The lowest BCUT2D eigenvalue weighted by Crippen LogP contribution is -2.12. The molecule has 29 heavy (non-hydrogen) atoms. The maximum atomic E-state index is 13.0. The summed E-state index contributed by atoms with van der Waals surface area (Å²) in [5, 5.41) is 6.63. The summed E-state index contributed by atoms with van der Waals surface area (Å²) in [6.07, 6.45) is 0. The Labute approximate surface area is 173 Å². The molecule has 146 valence electrons. The average Bonchev–Trinajstić information content (AvgIpc) is 3.42. The molecule has 0 aliphatic heterocycles. The fraction of sp³-hybridized carbons (Fsp3) is 0.130. The van der Waals surface area contributed by atoms with Crippen LogP contribution in [-0.2, 0) is 11.3 Å². The molecule has 2 aromatic heterocycles. The standard InChI is InChI=1S/C23H20N2O3S/c1-16-10-11-21(27-2)17(13-16)15-28-23(26)20-14-19(22-9-6-12-29-22)24-25(20)18-7-4-3-5-8-18/h3-14H,15H2,1-2H3. The lowest BCUT2D eigenvalue weighted by atomic mass is 10.1. The predicted molar refractivity (Wildman–Crippen MR) is 114 cm³/mol. The summed E-state index contributed by atoms with van der Waals surface area (Å²) in [7, 11) is 1.60. The van der Waals surface area contributed by atoms with Gasteiger partial charge in [-0.3, -0.25) is 0 Å². The van der Waals surface area contributed by atoms with E-state index in [0.717, 1.165) is 27.4 Å². The Bertz CT molecular complexity index is 1120. The Balaban J connectivity index is 1.65. The molecule has 0 fully saturated rings. The average molecular weight is 404 g/mol. The number of thiophene rings is 1. The first-order valence-electron chi connectivity index (χ1n) is 9.15. The van der Waals surface area contributed by atoms with Crippen LogP contribution < -0.4 is 4.74 Å². The monoisotopic (exact) mass is 404 g/mol. The highest BCUT2D eigenvalue weighted by molar-refractivity contribution is 7.13. The minimum atomic E-state index is -0.437. The van der Waals surface area contributed by atoms with Gasteiger partial charge in [0.15, 0.2) is 5.69 Å². The summed E-state index contributed by atoms with van der Waals surface area (Å²) in [4.78, 5) is 14.0. The van der Waals surface area contributed by atoms with E-state index in [2.05, 4.69) is 5.10 Å². The number of ether oxygens (including phenoxy) is 2. The van der Waals surface area contributed by atoms with Gasteiger partial charge in [-0.05, 0) is 42.6 Å². The lowest BCUT2D eigenvalue weighted by molar-refractivity contribution is 0.0459. The number of aromatic nitrogens is 2. The molecular weight excluding hydrogens is 384 g/mol. The topological polar surface area (TPSA) is 53.4 Å². The van der Waals surface area contributed by atoms with Crippen molar-refractivity contribution < 1.29 is 14.3 Å². The number of rotatable bonds is 6. The minimum Gasteiger partial charge on any atom is -0.496 e. The van der Waals surface area contributed by atoms with Crippen molar-refractivity contribution in [2.24, 2.45) is 0 Å². The van der Waals surface area contributed by atoms with E-state index >= 15 is 0 Å². The first-order valence-corrected chi connectivity index (χ1v) is 10.0. The molecule has 0 atom stereocenters. The molecule has 0 saturated carbocycles. The maximum Gasteiger partial charge on any atom is 0.357 e. The molecule has 0 unspecified atom stereocenters. The van der Waals surface area contributed by atoms with E-state index in [4.69, 9.17) is 9.47 Å². The molecule has 0 spiro atoms. The Kier molecular flexibility index (Phi) is 5.44. The molecule has 4 rings (SSSR count). The van der Waals surface area contributed by atoms with Gasteiger partial charge in [0.2, 0.25) is 0 Å². The summed E-state index contributed by atoms with van der Waals surface area (Å²) in [5.74, 6) is 0.256. The van der Waals surface area contributed by atoms with Crippen molar-refractivity contribution >= 4 is 17.3 Å². The van der Waals surface area contributed by atoms with Gasteiger partial charge in [-0.15, -0.1) is 11.3 Å². The minimum absolute atomic E-state index is 0.123. The molecule has 0 N–H and O–H groups in total. The van der Waals surface area contributed by atoms with Crippen molar-refractivity contribution in [2.45, 2.75) is 13.5 Å². The Hall–Kier alpha value is -3.38. The first-order chi connectivity index (χ1) is 14.2. The van der Waals surface area contributed by atoms with E-state index in [-0.39, 0.29) is 6.61 Å². The number of methoxy groups -OCH3 is 1. The summed E-state index contributed by atoms with van der Waals surface area (Å²) in [6, 6.07) is 21.1. The number of para-hydroxylation sites is 1. The van der Waals surface area contributed by atoms with Crippen molar-refractivity contribution in [1.29, 1.82) is 0 Å². The fourth-order valence-corrected chi connectivity index (χ4v) is 3.76. The normalized spacial score (nSPS) is 10.7. The first kappa shape index (κ1) is 19.0. The van der Waals surface area contributed by atoms with Gasteiger partial charge < -0.3 is 9.47 Å². The van der Waals surface area contributed by atoms with Crippen molar-refractivity contribution in [1.82, 2.24) is 9.78 Å². The summed E-state index contributed by atoms with van der Waals surface area (Å²) in [5.41, 5.74) is 3.82. The van der Waals surface area contributed by atoms with Gasteiger partial charge in [0, 0.05) is 11.6 Å². The predicted octanol–water partition coefficient (Wildman–Crippen LogP) is 5.27. The third kappa shape index (κ3) is 4.07. The number of nitrogens with zero attached hydrogens (tertiary/aromatic N) is 2. The van der Waals surface area contributed by atoms with E-state index in [9.17, 15) is 4.79 Å². The van der Waals surface area contributed by atoms with Crippen molar-refractivity contribution in [3.05, 3.63) is 88.9 Å². The van der Waals surface area contributed by atoms with Crippen LogP contribution in [0.15, 0.2) is 72.1 Å². The van der Waals surface area contributed by atoms with E-state index in [1.165, 1.54) is 0 Å². The SMILES string of the molecule is COc1ccc(C)cc1COC(=O)c1cc(-c2cccs2)nn1-c1ccccc1. The van der Waals surface area contributed by atoms with E-state index in [1.807, 2.05) is 73.0 Å². The number of aryl methyl sites for hydroxylation is 1. The second-order valence-electron chi connectivity index (χ2n) is 6.53. The highest BCUT2D eigenvalue weighted by atomic mass is 32.1. The molecule has 0 aliphatic carbocycles. The smallest absolute Gasteiger partial charge is 0.357 e. The zero-order valence-electron chi connectivity index (χ0n) is 16.2. The molecular formula is C23H20N2O3S. The van der Waals surface area contributed by atoms with Gasteiger partial charge in [0.05, 0.1) is 17.7 Å². The van der Waals surface area contributed by atoms with E-state index in [1.54, 1.807) is 29.2 Å². The van der Waals surface area contributed by atoms with Crippen LogP contribution >= 0.6 is 11.3 Å². The highest BCUT2D eigenvalue weighted by Crippen LogP contribution is 2.27. The molecule has 0 saturated heterocycles. The van der Waals surface area contributed by atoms with Crippen LogP contribution in [0.25, 0.3) is 16.3 Å². The van der Waals surface area contributed by atoms with Crippen LogP contribution in [0.3, 0.4) is 0 Å². The van der Waals surface area contributed by atoms with Gasteiger partial charge in [-0.25, -0.2) is 9.48 Å². The molecule has 0 bridgehead atoms. The summed E-state index contributed by atoms with van der Waals surface area (Å²) >= 11 is 1.58. The van der Waals surface area contributed by atoms with Gasteiger partial charge >= 0.3 is 5.97 Å². The quantitative estimate of drug-likeness (QED) is 0.411. The molecule has 2 heterocycles. The molecule has 5 nitrogen and oxygen atoms in total. The molecule has 2 aromatic carbocycles. The van der Waals surface area contributed by atoms with Crippen LogP contribution in [0.2, 0.25) is 0 Å². The van der Waals surface area contributed by atoms with Crippen LogP contribution in [-0.4, -0.2) is 22.9 Å². The Morgan fingerprint density at radius 3 is 2.62 bits per heavy atom. The number of benzene rings is 2. The molecule has 0 amide bonds. The van der Waals surface area contributed by atoms with Crippen molar-refractivity contribution in [3.8, 4) is 22.0 Å². The Morgan fingerprint density at radius 2 is 1.90 bits per heavy atom. The number of hydrogen-bond acceptors (Lipinski definition) is 5. The zero-order chi connectivity index (χ0) is 20.2. The third-order valence-corrected chi connectivity index (χ3v) is 5.38. The second-order valence-corrected chi connectivity index (χ2v) is 7.48. The summed E-state index contributed by atoms with van der Waals surface area (Å²) < 4.78 is 12.6. The van der Waals surface area contributed by atoms with Gasteiger partial charge in [0.1, 0.15) is 18.1 Å². The van der Waals surface area contributed by atoms with Gasteiger partial charge in [-0.1, -0.05) is 35.9 Å². The number of esters is 1. The lowest BCUT2D eigenvalue weighted by Gasteiger charge is -2.11. The third-order valence-electron chi connectivity index (χ3n) is 4.49. The van der Waals surface area contributed by atoms with Crippen molar-refractivity contribution in [2.75, 3.05) is 7.11 Å². The fourth-order valence-electron chi connectivity index (χ4n) is 3.07. The zero-order valence-corrected chi connectivity index (χ0v) is 17.0. The molecule has 6 heteroatoms. The highest BCUT2D eigenvalue weighted by Gasteiger charge is 2.20. The second kappa shape index (κ2) is 8.32. The van der Waals surface area contributed by atoms with Crippen LogP contribution in [0.4, 0.5) is 0 Å². The van der Waals surface area contributed by atoms with Gasteiger partial charge in [0.25, 0.3) is 0 Å². The van der Waals surface area contributed by atoms with Gasteiger partial charge in [-0.2, -0.15) is 5.10 Å². The van der Waals surface area contributed by atoms with Crippen LogP contribution in [0.1, 0.15) is 21.6 Å². The molecule has 0 radical (unpaired) electrons. The van der Waals surface area contributed by atoms with E-state index in [0.29, 0.717) is 11.4 Å². The number of hydrogen-bond donors (Lipinski definition) is 0. The molecule has 0 aliphatic rings. The van der Waals surface area contributed by atoms with Crippen LogP contribution in [0, 0.1) is 6.92 Å². The Morgan fingerprint density at radius 1 is 1.07 bits per heavy atom. The van der Waals surface area contributed by atoms with Crippen LogP contribution in [0.5, 0.6) is 5.75 Å². The van der Waals surface area contributed by atoms with Crippen molar-refractivity contribution in [3.63, 3.8) is 0 Å². The number of carbonyl (C=O) groups is 1. The van der Waals surface area contributed by atoms with E-state index < -0.39 is 5.97 Å². The number of carbonyl (C=O) groups excluding carboxylic acids is 1. The molecule has 4 aromatic rings.